The molecule has 0 saturated heterocycles. The van der Waals surface area contributed by atoms with Crippen LogP contribution in [0, 0.1) is 11.8 Å². The second kappa shape index (κ2) is 11.2. The minimum absolute atomic E-state index is 0.0786. The first-order valence-electron chi connectivity index (χ1n) is 11.4. The molecule has 0 spiro atoms. The molecule has 0 aliphatic heterocycles. The number of halogens is 2. The highest BCUT2D eigenvalue weighted by molar-refractivity contribution is 7.99. The Balaban J connectivity index is 1.37. The molecule has 0 radical (unpaired) electrons. The third-order valence-corrected chi connectivity index (χ3v) is 6.89. The highest BCUT2D eigenvalue weighted by Crippen LogP contribution is 2.41. The first-order chi connectivity index (χ1) is 17.1. The summed E-state index contributed by atoms with van der Waals surface area (Å²) in [6, 6.07) is 11.1. The molecule has 2 aromatic carbocycles. The molecule has 1 aromatic heterocycles. The van der Waals surface area contributed by atoms with E-state index >= 15 is 0 Å². The Hall–Kier alpha value is -2.55. The van der Waals surface area contributed by atoms with Gasteiger partial charge in [0.2, 0.25) is 11.1 Å². The van der Waals surface area contributed by atoms with Crippen LogP contribution in [0.15, 0.2) is 41.6 Å². The smallest absolute Gasteiger partial charge is 0.374 e. The Morgan fingerprint density at radius 1 is 1.25 bits per heavy atom. The van der Waals surface area contributed by atoms with Crippen molar-refractivity contribution in [2.75, 3.05) is 11.1 Å². The fourth-order valence-electron chi connectivity index (χ4n) is 3.58. The van der Waals surface area contributed by atoms with Gasteiger partial charge in [-0.1, -0.05) is 52.9 Å². The Morgan fingerprint density at radius 2 is 2.03 bits per heavy atom. The normalized spacial score (nSPS) is 13.2. The van der Waals surface area contributed by atoms with E-state index in [0.29, 0.717) is 38.1 Å². The molecule has 8 nitrogen and oxygen atoms in total. The van der Waals surface area contributed by atoms with Crippen LogP contribution in [0.4, 0.5) is 5.69 Å². The molecule has 0 unspecified atom stereocenters. The van der Waals surface area contributed by atoms with Crippen molar-refractivity contribution in [2.24, 2.45) is 0 Å². The Kier molecular flexibility index (Phi) is 8.28. The van der Waals surface area contributed by atoms with Gasteiger partial charge >= 0.3 is 7.05 Å². The average Bonchev–Trinajstić information content (AvgIpc) is 3.55. The number of carbonyl (C=O) groups is 1. The van der Waals surface area contributed by atoms with Gasteiger partial charge in [-0.05, 0) is 85.8 Å². The topological polar surface area (TPSA) is 105 Å². The number of thioether (sulfide) groups is 1. The van der Waals surface area contributed by atoms with Gasteiger partial charge in [0.1, 0.15) is 0 Å². The zero-order valence-corrected chi connectivity index (χ0v) is 22.4. The summed E-state index contributed by atoms with van der Waals surface area (Å²) in [6.45, 7) is 5.37. The van der Waals surface area contributed by atoms with Crippen molar-refractivity contribution in [3.63, 3.8) is 0 Å². The van der Waals surface area contributed by atoms with Gasteiger partial charge in [-0.15, -0.1) is 5.10 Å². The maximum absolute atomic E-state index is 12.6. The van der Waals surface area contributed by atoms with Crippen molar-refractivity contribution >= 4 is 53.6 Å². The highest BCUT2D eigenvalue weighted by Gasteiger charge is 2.24. The van der Waals surface area contributed by atoms with E-state index in [0.717, 1.165) is 0 Å². The summed E-state index contributed by atoms with van der Waals surface area (Å²) in [7, 11) is -0.678. The van der Waals surface area contributed by atoms with E-state index in [-0.39, 0.29) is 11.7 Å². The molecule has 1 amide bonds. The summed E-state index contributed by atoms with van der Waals surface area (Å²) < 4.78 is 1.53. The van der Waals surface area contributed by atoms with E-state index in [1.54, 1.807) is 25.0 Å². The van der Waals surface area contributed by atoms with Crippen LogP contribution in [0.25, 0.3) is 5.69 Å². The lowest BCUT2D eigenvalue weighted by Crippen LogP contribution is -2.46. The van der Waals surface area contributed by atoms with E-state index in [1.807, 2.05) is 32.0 Å². The Morgan fingerprint density at radius 3 is 2.69 bits per heavy atom. The summed E-state index contributed by atoms with van der Waals surface area (Å²) in [4.78, 5) is 12.6. The van der Waals surface area contributed by atoms with Crippen molar-refractivity contribution in [1.82, 2.24) is 25.4 Å². The zero-order chi connectivity index (χ0) is 25.9. The average molecular weight is 543 g/mol. The maximum Gasteiger partial charge on any atom is 0.374 e. The predicted molar refractivity (Wildman–Crippen MR) is 145 cm³/mol. The number of carbonyl (C=O) groups excluding carboxylic acids is 1. The third-order valence-electron chi connectivity index (χ3n) is 5.35. The van der Waals surface area contributed by atoms with Crippen LogP contribution in [-0.2, 0) is 4.79 Å². The minimum atomic E-state index is -0.678. The fraction of sp³-hybridized carbons (Fsp3) is 0.333. The predicted octanol–water partition coefficient (Wildman–Crippen LogP) is 4.41. The second-order valence-corrected chi connectivity index (χ2v) is 10.8. The minimum Gasteiger partial charge on any atom is -0.437 e. The van der Waals surface area contributed by atoms with Crippen LogP contribution in [0.5, 0.6) is 0 Å². The molecule has 1 aliphatic carbocycles. The molecule has 0 bridgehead atoms. The summed E-state index contributed by atoms with van der Waals surface area (Å²) in [5, 5.41) is 28.5. The molecule has 4 rings (SSSR count). The van der Waals surface area contributed by atoms with Crippen LogP contribution >= 0.6 is 35.0 Å². The first-order valence-corrected chi connectivity index (χ1v) is 13.1. The number of hydrogen-bond acceptors (Lipinski definition) is 7. The summed E-state index contributed by atoms with van der Waals surface area (Å²) in [5.41, 5.74) is 2.48. The molecule has 12 heteroatoms. The number of anilines is 1. The van der Waals surface area contributed by atoms with Crippen LogP contribution in [0.1, 0.15) is 43.7 Å². The van der Waals surface area contributed by atoms with Gasteiger partial charge in [-0.2, -0.15) is 4.68 Å². The molecule has 3 N–H and O–H groups in total. The molecule has 1 aliphatic rings. The van der Waals surface area contributed by atoms with Gasteiger partial charge in [0.05, 0.1) is 32.7 Å². The lowest BCUT2D eigenvalue weighted by atomic mass is 9.84. The van der Waals surface area contributed by atoms with Gasteiger partial charge in [0, 0.05) is 5.56 Å². The number of amides is 1. The van der Waals surface area contributed by atoms with Crippen molar-refractivity contribution in [3.8, 4) is 17.5 Å². The van der Waals surface area contributed by atoms with Crippen molar-refractivity contribution < 1.29 is 9.82 Å². The lowest BCUT2D eigenvalue weighted by Gasteiger charge is -2.20. The number of tetrazole rings is 1. The second-order valence-electron chi connectivity index (χ2n) is 9.09. The van der Waals surface area contributed by atoms with Crippen LogP contribution < -0.4 is 10.5 Å². The van der Waals surface area contributed by atoms with Crippen molar-refractivity contribution in [3.05, 3.63) is 57.6 Å². The van der Waals surface area contributed by atoms with Crippen LogP contribution in [0.3, 0.4) is 0 Å². The van der Waals surface area contributed by atoms with Crippen LogP contribution in [-0.4, -0.2) is 49.5 Å². The SMILES string of the molecule is CB(O)NC(C)(C)C#Cc1ccc(NC(=O)CSc2nnnn2-c2ccc(C3CC3)cc2Cl)c(Cl)c1. The third kappa shape index (κ3) is 7.02. The number of rotatable bonds is 8. The van der Waals surface area contributed by atoms with Gasteiger partial charge in [-0.3, -0.25) is 4.79 Å². The van der Waals surface area contributed by atoms with Crippen LogP contribution in [0.2, 0.25) is 16.9 Å². The van der Waals surface area contributed by atoms with Gasteiger partial charge < -0.3 is 15.6 Å². The van der Waals surface area contributed by atoms with Crippen molar-refractivity contribution in [1.29, 1.82) is 0 Å². The number of nitrogens with one attached hydrogen (secondary N) is 2. The number of benzene rings is 2. The molecule has 3 aromatic rings. The maximum atomic E-state index is 12.6. The number of nitrogens with zero attached hydrogens (tertiary/aromatic N) is 4. The van der Waals surface area contributed by atoms with E-state index in [4.69, 9.17) is 23.2 Å². The lowest BCUT2D eigenvalue weighted by molar-refractivity contribution is -0.113. The first kappa shape index (κ1) is 26.5. The number of aromatic nitrogens is 4. The Bertz CT molecular complexity index is 1330. The van der Waals surface area contributed by atoms with Gasteiger partial charge in [-0.25, -0.2) is 0 Å². The molecular formula is C24H25BCl2N6O2S. The van der Waals surface area contributed by atoms with E-state index < -0.39 is 12.6 Å². The number of hydrogen-bond donors (Lipinski definition) is 3. The van der Waals surface area contributed by atoms with Gasteiger partial charge in [0.25, 0.3) is 0 Å². The zero-order valence-electron chi connectivity index (χ0n) is 20.0. The quantitative estimate of drug-likeness (QED) is 0.220. The fourth-order valence-corrected chi connectivity index (χ4v) is 4.76. The molecule has 1 fully saturated rings. The van der Waals surface area contributed by atoms with E-state index in [9.17, 15) is 9.82 Å². The van der Waals surface area contributed by atoms with Gasteiger partial charge in [0.15, 0.2) is 0 Å². The summed E-state index contributed by atoms with van der Waals surface area (Å²) >= 11 is 14.1. The van der Waals surface area contributed by atoms with E-state index in [1.165, 1.54) is 34.8 Å². The monoisotopic (exact) mass is 542 g/mol. The standard InChI is InChI=1S/C24H25BCl2N6O2S/c1-24(2,30-25(3)35)11-10-15-4-8-20(18(26)12-15)28-22(34)14-36-23-29-31-32-33(23)21-9-7-17(13-19(21)27)16-5-6-16/h4,7-9,12-13,16,30,35H,5-6,14H2,1-3H3,(H,28,34). The molecule has 1 heterocycles. The Labute approximate surface area is 224 Å². The summed E-state index contributed by atoms with van der Waals surface area (Å²) in [6.07, 6.45) is 2.38. The summed E-state index contributed by atoms with van der Waals surface area (Å²) in [5.74, 6) is 6.51. The molecular weight excluding hydrogens is 518 g/mol. The molecule has 36 heavy (non-hydrogen) atoms. The van der Waals surface area contributed by atoms with Crippen molar-refractivity contribution in [2.45, 2.75) is 50.1 Å². The largest absolute Gasteiger partial charge is 0.437 e. The molecule has 0 atom stereocenters. The highest BCUT2D eigenvalue weighted by atomic mass is 35.5. The molecule has 186 valence electrons. The molecule has 1 saturated carbocycles. The van der Waals surface area contributed by atoms with E-state index in [2.05, 4.69) is 37.9 Å².